The Morgan fingerprint density at radius 1 is 0.980 bits per heavy atom. The molecule has 1 fully saturated rings. The number of ether oxygens (including phenoxy) is 2. The monoisotopic (exact) mass is 747 g/mol. The largest absolute Gasteiger partial charge is 0.483 e. The van der Waals surface area contributed by atoms with Gasteiger partial charge in [0.1, 0.15) is 11.8 Å². The van der Waals surface area contributed by atoms with Gasteiger partial charge >= 0.3 is 5.97 Å². The van der Waals surface area contributed by atoms with Crippen LogP contribution in [0.1, 0.15) is 70.6 Å². The number of thioether (sulfide) groups is 1. The molecule has 1 saturated heterocycles. The van der Waals surface area contributed by atoms with Gasteiger partial charge in [-0.05, 0) is 84.5 Å². The van der Waals surface area contributed by atoms with Crippen molar-refractivity contribution in [1.82, 2.24) is 20.9 Å². The maximum atomic E-state index is 14.6. The number of hydrogen-bond donors (Lipinski definition) is 4. The Labute approximate surface area is 312 Å². The number of nitrogens with two attached hydrogens (primary N) is 1. The van der Waals surface area contributed by atoms with Crippen molar-refractivity contribution in [3.8, 4) is 5.75 Å². The Hall–Kier alpha value is -3.81. The number of para-hydroxylation sites is 1. The van der Waals surface area contributed by atoms with Gasteiger partial charge in [0.15, 0.2) is 6.61 Å². The fourth-order valence-electron chi connectivity index (χ4n) is 5.67. The van der Waals surface area contributed by atoms with Gasteiger partial charge in [-0.2, -0.15) is 0 Å². The minimum Gasteiger partial charge on any atom is -0.483 e. The number of amides is 4. The van der Waals surface area contributed by atoms with E-state index < -0.39 is 46.3 Å². The van der Waals surface area contributed by atoms with Gasteiger partial charge in [-0.15, -0.1) is 24.2 Å². The van der Waals surface area contributed by atoms with Crippen LogP contribution in [0.2, 0.25) is 0 Å². The van der Waals surface area contributed by atoms with E-state index in [1.54, 1.807) is 0 Å². The molecule has 0 saturated carbocycles. The molecule has 3 atom stereocenters. The second kappa shape index (κ2) is 19.7. The molecule has 51 heavy (non-hydrogen) atoms. The lowest BCUT2D eigenvalue weighted by Crippen LogP contribution is -2.61. The topological polar surface area (TPSA) is 169 Å². The third-order valence-electron chi connectivity index (χ3n) is 8.10. The van der Waals surface area contributed by atoms with Crippen LogP contribution in [-0.4, -0.2) is 88.5 Å². The first-order valence-electron chi connectivity index (χ1n) is 17.0. The summed E-state index contributed by atoms with van der Waals surface area (Å²) in [6.45, 7) is 13.5. The molecule has 14 heteroatoms. The number of esters is 1. The molecule has 282 valence electrons. The lowest BCUT2D eigenvalue weighted by molar-refractivity contribution is -0.164. The Kier molecular flexibility index (Phi) is 16.7. The standard InChI is InChI=1S/C37H53N5O7S.ClH/c1-24-13-11-14-25(2)31(24)48-22-29(44)40-27(21-26-15-9-8-10-16-26)32(49-30(45)18-17-28(43)39-20-12-19-38)35(47)42-23-50-37(6,7)33(42)34(46)41-36(3,4)5;/h8-11,13-16,27,32-33H,12,17-23,38H2,1-7H3,(H,39,43)(H,40,44)(H,41,46);1H/t27-,32-,33?;/m0./s1. The zero-order valence-electron chi connectivity index (χ0n) is 30.7. The molecule has 2 aromatic rings. The number of hydrogen-bond acceptors (Lipinski definition) is 9. The average molecular weight is 748 g/mol. The fourth-order valence-corrected chi connectivity index (χ4v) is 6.81. The van der Waals surface area contributed by atoms with Gasteiger partial charge in [0.25, 0.3) is 11.8 Å². The van der Waals surface area contributed by atoms with E-state index in [0.29, 0.717) is 25.3 Å². The Balaban J connectivity index is 0.00000901. The van der Waals surface area contributed by atoms with Crippen LogP contribution in [0.25, 0.3) is 0 Å². The highest BCUT2D eigenvalue weighted by atomic mass is 35.5. The summed E-state index contributed by atoms with van der Waals surface area (Å²) in [7, 11) is 0. The number of nitrogens with one attached hydrogen (secondary N) is 3. The zero-order chi connectivity index (χ0) is 37.1. The van der Waals surface area contributed by atoms with Gasteiger partial charge in [-0.1, -0.05) is 48.5 Å². The number of halogens is 1. The first-order chi connectivity index (χ1) is 23.5. The minimum atomic E-state index is -1.52. The van der Waals surface area contributed by atoms with Crippen molar-refractivity contribution in [3.05, 3.63) is 65.2 Å². The van der Waals surface area contributed by atoms with Crippen LogP contribution in [-0.2, 0) is 35.1 Å². The molecule has 2 aromatic carbocycles. The smallest absolute Gasteiger partial charge is 0.307 e. The third-order valence-corrected chi connectivity index (χ3v) is 9.48. The first-order valence-corrected chi connectivity index (χ1v) is 18.0. The molecular formula is C37H54ClN5O7S. The molecular weight excluding hydrogens is 694 g/mol. The van der Waals surface area contributed by atoms with Crippen molar-refractivity contribution in [2.75, 3.05) is 25.6 Å². The summed E-state index contributed by atoms with van der Waals surface area (Å²) in [5.74, 6) is -1.91. The molecule has 4 amide bonds. The summed E-state index contributed by atoms with van der Waals surface area (Å²) >= 11 is 1.43. The molecule has 1 heterocycles. The van der Waals surface area contributed by atoms with Gasteiger partial charge < -0.3 is 36.1 Å². The van der Waals surface area contributed by atoms with Gasteiger partial charge in [-0.3, -0.25) is 24.0 Å². The molecule has 0 aromatic heterocycles. The molecule has 3 rings (SSSR count). The Bertz CT molecular complexity index is 1480. The molecule has 0 aliphatic carbocycles. The van der Waals surface area contributed by atoms with Crippen LogP contribution in [0.5, 0.6) is 5.75 Å². The second-order valence-corrected chi connectivity index (χ2v) is 15.7. The van der Waals surface area contributed by atoms with E-state index >= 15 is 0 Å². The number of carbonyl (C=O) groups is 5. The van der Waals surface area contributed by atoms with Gasteiger partial charge in [0.2, 0.25) is 17.9 Å². The van der Waals surface area contributed by atoms with E-state index in [0.717, 1.165) is 16.7 Å². The SMILES string of the molecule is Cc1cccc(C)c1OCC(=O)N[C@@H](Cc1ccccc1)[C@H](OC(=O)CCC(=O)NCCCN)C(=O)N1CSC(C)(C)C1C(=O)NC(C)(C)C.Cl. The summed E-state index contributed by atoms with van der Waals surface area (Å²) < 4.78 is 11.1. The quantitative estimate of drug-likeness (QED) is 0.148. The van der Waals surface area contributed by atoms with E-state index in [1.807, 2.05) is 97.0 Å². The molecule has 1 aliphatic rings. The molecule has 0 radical (unpaired) electrons. The van der Waals surface area contributed by atoms with Gasteiger partial charge in [0.05, 0.1) is 18.3 Å². The summed E-state index contributed by atoms with van der Waals surface area (Å²) in [6.07, 6.45) is -1.26. The highest BCUT2D eigenvalue weighted by molar-refractivity contribution is 8.00. The van der Waals surface area contributed by atoms with Crippen molar-refractivity contribution in [2.45, 2.75) is 103 Å². The van der Waals surface area contributed by atoms with E-state index in [4.69, 9.17) is 15.2 Å². The lowest BCUT2D eigenvalue weighted by atomic mass is 9.96. The number of aryl methyl sites for hydroxylation is 2. The van der Waals surface area contributed by atoms with E-state index in [1.165, 1.54) is 16.7 Å². The van der Waals surface area contributed by atoms with Crippen LogP contribution in [0.3, 0.4) is 0 Å². The van der Waals surface area contributed by atoms with E-state index in [2.05, 4.69) is 16.0 Å². The van der Waals surface area contributed by atoms with Crippen LogP contribution in [0.4, 0.5) is 0 Å². The molecule has 0 bridgehead atoms. The van der Waals surface area contributed by atoms with Crippen molar-refractivity contribution in [3.63, 3.8) is 0 Å². The number of nitrogens with zero attached hydrogens (tertiary/aromatic N) is 1. The van der Waals surface area contributed by atoms with Crippen molar-refractivity contribution in [1.29, 1.82) is 0 Å². The third kappa shape index (κ3) is 13.4. The molecule has 0 spiro atoms. The number of benzene rings is 2. The number of rotatable bonds is 16. The Morgan fingerprint density at radius 3 is 2.24 bits per heavy atom. The minimum absolute atomic E-state index is 0. The summed E-state index contributed by atoms with van der Waals surface area (Å²) in [5, 5.41) is 8.59. The molecule has 1 unspecified atom stereocenters. The van der Waals surface area contributed by atoms with Crippen LogP contribution in [0.15, 0.2) is 48.5 Å². The maximum Gasteiger partial charge on any atom is 0.307 e. The van der Waals surface area contributed by atoms with Crippen molar-refractivity contribution >= 4 is 53.8 Å². The maximum absolute atomic E-state index is 14.6. The lowest BCUT2D eigenvalue weighted by Gasteiger charge is -2.36. The predicted molar refractivity (Wildman–Crippen MR) is 202 cm³/mol. The summed E-state index contributed by atoms with van der Waals surface area (Å²) in [4.78, 5) is 68.9. The normalized spacial score (nSPS) is 16.2. The fraction of sp³-hybridized carbons (Fsp3) is 0.541. The van der Waals surface area contributed by atoms with Crippen LogP contribution in [0, 0.1) is 13.8 Å². The van der Waals surface area contributed by atoms with Crippen molar-refractivity contribution < 1.29 is 33.4 Å². The second-order valence-electron chi connectivity index (χ2n) is 14.1. The molecule has 1 aliphatic heterocycles. The predicted octanol–water partition coefficient (Wildman–Crippen LogP) is 3.58. The van der Waals surface area contributed by atoms with Gasteiger partial charge in [0, 0.05) is 23.3 Å². The Morgan fingerprint density at radius 2 is 1.63 bits per heavy atom. The van der Waals surface area contributed by atoms with Crippen LogP contribution < -0.4 is 26.4 Å². The highest BCUT2D eigenvalue weighted by Crippen LogP contribution is 2.40. The first kappa shape index (κ1) is 43.4. The summed E-state index contributed by atoms with van der Waals surface area (Å²) in [5.41, 5.74) is 7.44. The average Bonchev–Trinajstić information content (AvgIpc) is 3.36. The van der Waals surface area contributed by atoms with Crippen LogP contribution >= 0.6 is 24.2 Å². The summed E-state index contributed by atoms with van der Waals surface area (Å²) in [6, 6.07) is 12.9. The zero-order valence-corrected chi connectivity index (χ0v) is 32.3. The molecule has 5 N–H and O–H groups in total. The van der Waals surface area contributed by atoms with E-state index in [9.17, 15) is 24.0 Å². The van der Waals surface area contributed by atoms with Gasteiger partial charge in [-0.25, -0.2) is 0 Å². The number of carbonyl (C=O) groups excluding carboxylic acids is 5. The van der Waals surface area contributed by atoms with Crippen molar-refractivity contribution in [2.24, 2.45) is 5.73 Å². The highest BCUT2D eigenvalue weighted by Gasteiger charge is 2.51. The van der Waals surface area contributed by atoms with E-state index in [-0.39, 0.29) is 56.0 Å². The molecule has 12 nitrogen and oxygen atoms in total.